The number of aliphatic hydroxyl groups is 1. The Kier molecular flexibility index (Phi) is 18.5. The molecule has 2 aromatic rings. The van der Waals surface area contributed by atoms with Crippen LogP contribution >= 0.6 is 0 Å². The number of amides is 8. The minimum atomic E-state index is -1.63. The number of H-pyrrole nitrogens is 1. The lowest BCUT2D eigenvalue weighted by atomic mass is 10.0. The van der Waals surface area contributed by atoms with Gasteiger partial charge in [-0.3, -0.25) is 43.2 Å². The van der Waals surface area contributed by atoms with Gasteiger partial charge in [-0.15, -0.1) is 0 Å². The molecule has 3 fully saturated rings. The molecule has 370 valence electrons. The number of carbonyl (C=O) groups excluding carboxylic acids is 8. The van der Waals surface area contributed by atoms with Crippen molar-refractivity contribution in [1.82, 2.24) is 51.3 Å². The van der Waals surface area contributed by atoms with E-state index in [-0.39, 0.29) is 38.8 Å². The third-order valence-corrected chi connectivity index (χ3v) is 12.3. The first-order valence-electron chi connectivity index (χ1n) is 22.6. The fraction of sp³-hybridized carbons (Fsp3) is 0.568. The number of aromatic nitrogens is 2. The number of imidazole rings is 1. The SMILES string of the molecule is C[C@H](NC(=O)[C@@H]1CCCN1C(=O)[C@@H](N)Cc1cnc[nH]1)C(=O)NCC(=O)N1CCC[C@H]1C(=O)N[C@H](C(=O)N[C@@H](Cc1ccccc1)C(=O)N1CCC[C@H]1C(=O)N[C@@H](CCC(=O)O)C(=O)O)[C@@H](C)O. The summed E-state index contributed by atoms with van der Waals surface area (Å²) in [5, 5.41) is 41.9. The van der Waals surface area contributed by atoms with Gasteiger partial charge < -0.3 is 67.3 Å². The molecule has 9 atom stereocenters. The van der Waals surface area contributed by atoms with Crippen LogP contribution in [0.2, 0.25) is 0 Å². The molecule has 0 saturated carbocycles. The van der Waals surface area contributed by atoms with E-state index < -0.39 is 133 Å². The number of carboxylic acids is 2. The van der Waals surface area contributed by atoms with Gasteiger partial charge in [0.1, 0.15) is 42.3 Å². The van der Waals surface area contributed by atoms with Crippen molar-refractivity contribution < 1.29 is 63.3 Å². The van der Waals surface area contributed by atoms with Crippen molar-refractivity contribution in [2.45, 2.75) is 132 Å². The average molecular weight is 952 g/mol. The summed E-state index contributed by atoms with van der Waals surface area (Å²) in [5.74, 6) is -8.29. The second-order valence-electron chi connectivity index (χ2n) is 17.3. The molecule has 24 nitrogen and oxygen atoms in total. The zero-order chi connectivity index (χ0) is 49.7. The lowest BCUT2D eigenvalue weighted by Gasteiger charge is -2.31. The quantitative estimate of drug-likeness (QED) is 0.0559. The van der Waals surface area contributed by atoms with Crippen LogP contribution in [0.25, 0.3) is 0 Å². The Labute approximate surface area is 391 Å². The fourth-order valence-electron chi connectivity index (χ4n) is 8.63. The fourth-order valence-corrected chi connectivity index (χ4v) is 8.63. The normalized spacial score (nSPS) is 20.5. The Morgan fingerprint density at radius 1 is 0.735 bits per heavy atom. The van der Waals surface area contributed by atoms with E-state index in [9.17, 15) is 58.2 Å². The number of hydrogen-bond donors (Lipinski definition) is 10. The largest absolute Gasteiger partial charge is 0.481 e. The molecule has 0 spiro atoms. The van der Waals surface area contributed by atoms with E-state index in [0.29, 0.717) is 43.5 Å². The second-order valence-corrected chi connectivity index (χ2v) is 17.3. The Morgan fingerprint density at radius 3 is 1.88 bits per heavy atom. The summed E-state index contributed by atoms with van der Waals surface area (Å²) in [4.78, 5) is 142. The van der Waals surface area contributed by atoms with Crippen LogP contribution in [-0.4, -0.2) is 180 Å². The molecule has 3 aliphatic heterocycles. The number of likely N-dealkylation sites (tertiary alicyclic amines) is 3. The Bertz CT molecular complexity index is 2160. The van der Waals surface area contributed by atoms with Crippen molar-refractivity contribution in [3.05, 3.63) is 54.1 Å². The van der Waals surface area contributed by atoms with Crippen LogP contribution in [0.3, 0.4) is 0 Å². The summed E-state index contributed by atoms with van der Waals surface area (Å²) in [6.45, 7) is 2.63. The highest BCUT2D eigenvalue weighted by atomic mass is 16.4. The number of aliphatic carboxylic acids is 2. The number of nitrogens with zero attached hydrogens (tertiary/aromatic N) is 4. The third-order valence-electron chi connectivity index (χ3n) is 12.3. The van der Waals surface area contributed by atoms with Crippen LogP contribution in [0.5, 0.6) is 0 Å². The molecule has 5 rings (SSSR count). The number of carboxylic acid groups (broad SMARTS) is 2. The summed E-state index contributed by atoms with van der Waals surface area (Å²) in [6, 6.07) is -1.05. The molecule has 11 N–H and O–H groups in total. The van der Waals surface area contributed by atoms with Gasteiger partial charge in [0.2, 0.25) is 47.3 Å². The van der Waals surface area contributed by atoms with Crippen molar-refractivity contribution in [1.29, 1.82) is 0 Å². The van der Waals surface area contributed by atoms with E-state index in [4.69, 9.17) is 10.8 Å². The molecule has 0 radical (unpaired) electrons. The molecular weight excluding hydrogens is 891 g/mol. The topological polar surface area (TPSA) is 356 Å². The number of nitrogens with one attached hydrogen (secondary N) is 6. The van der Waals surface area contributed by atoms with Crippen LogP contribution in [0.1, 0.15) is 76.5 Å². The maximum atomic E-state index is 14.2. The van der Waals surface area contributed by atoms with Crippen molar-refractivity contribution >= 4 is 59.2 Å². The third kappa shape index (κ3) is 13.8. The van der Waals surface area contributed by atoms with Crippen molar-refractivity contribution in [2.24, 2.45) is 5.73 Å². The van der Waals surface area contributed by atoms with E-state index in [1.54, 1.807) is 36.5 Å². The number of aliphatic hydroxyl groups excluding tert-OH is 1. The first kappa shape index (κ1) is 52.0. The molecule has 24 heteroatoms. The smallest absolute Gasteiger partial charge is 0.326 e. The van der Waals surface area contributed by atoms with Gasteiger partial charge in [-0.05, 0) is 64.4 Å². The molecule has 8 amide bonds. The monoisotopic (exact) mass is 951 g/mol. The van der Waals surface area contributed by atoms with E-state index in [1.807, 2.05) is 0 Å². The van der Waals surface area contributed by atoms with Gasteiger partial charge in [0.05, 0.1) is 25.0 Å². The van der Waals surface area contributed by atoms with Crippen LogP contribution in [0, 0.1) is 0 Å². The highest BCUT2D eigenvalue weighted by Gasteiger charge is 2.42. The first-order valence-corrected chi connectivity index (χ1v) is 22.6. The Balaban J connectivity index is 1.17. The zero-order valence-corrected chi connectivity index (χ0v) is 37.9. The lowest BCUT2D eigenvalue weighted by Crippen LogP contribution is -2.61. The number of aromatic amines is 1. The van der Waals surface area contributed by atoms with Gasteiger partial charge in [-0.25, -0.2) is 9.78 Å². The number of rotatable bonds is 22. The summed E-state index contributed by atoms with van der Waals surface area (Å²) >= 11 is 0. The highest BCUT2D eigenvalue weighted by Crippen LogP contribution is 2.22. The number of hydrogen-bond acceptors (Lipinski definition) is 13. The Morgan fingerprint density at radius 2 is 1.31 bits per heavy atom. The van der Waals surface area contributed by atoms with Gasteiger partial charge in [0, 0.05) is 50.8 Å². The van der Waals surface area contributed by atoms with E-state index in [2.05, 4.69) is 36.6 Å². The zero-order valence-electron chi connectivity index (χ0n) is 37.9. The van der Waals surface area contributed by atoms with E-state index in [0.717, 1.165) is 0 Å². The lowest BCUT2D eigenvalue weighted by molar-refractivity contribution is -0.146. The minimum Gasteiger partial charge on any atom is -0.481 e. The van der Waals surface area contributed by atoms with E-state index >= 15 is 0 Å². The summed E-state index contributed by atoms with van der Waals surface area (Å²) < 4.78 is 0. The molecule has 1 aromatic heterocycles. The molecule has 0 unspecified atom stereocenters. The van der Waals surface area contributed by atoms with E-state index in [1.165, 1.54) is 34.9 Å². The molecular formula is C44H61N11O13. The van der Waals surface area contributed by atoms with Gasteiger partial charge in [0.25, 0.3) is 0 Å². The molecule has 0 aliphatic carbocycles. The molecule has 0 bridgehead atoms. The van der Waals surface area contributed by atoms with Crippen molar-refractivity contribution in [3.63, 3.8) is 0 Å². The maximum absolute atomic E-state index is 14.2. The molecule has 3 aliphatic rings. The minimum absolute atomic E-state index is 0.0757. The summed E-state index contributed by atoms with van der Waals surface area (Å²) in [5.41, 5.74) is 7.41. The maximum Gasteiger partial charge on any atom is 0.326 e. The van der Waals surface area contributed by atoms with Gasteiger partial charge in [-0.1, -0.05) is 30.3 Å². The molecule has 1 aromatic carbocycles. The predicted molar refractivity (Wildman–Crippen MR) is 237 cm³/mol. The van der Waals surface area contributed by atoms with Gasteiger partial charge in [-0.2, -0.15) is 0 Å². The molecule has 3 saturated heterocycles. The molecule has 68 heavy (non-hydrogen) atoms. The first-order chi connectivity index (χ1) is 32.4. The average Bonchev–Trinajstić information content (AvgIpc) is 4.16. The summed E-state index contributed by atoms with van der Waals surface area (Å²) in [6.07, 6.45) is 2.71. The number of carbonyl (C=O) groups is 10. The van der Waals surface area contributed by atoms with Crippen molar-refractivity contribution in [2.75, 3.05) is 26.2 Å². The van der Waals surface area contributed by atoms with Crippen molar-refractivity contribution in [3.8, 4) is 0 Å². The standard InChI is InChI=1S/C44H61N11O13/c1-24(49-38(61)32-12-7-17-54(32)42(65)28(45)20-27-21-46-23-48-27)37(60)47-22-34(57)53-16-6-11-31(53)40(63)52-36(25(2)56)41(64)51-30(19-26-9-4-3-5-10-26)43(66)55-18-8-13-33(55)39(62)50-29(44(67)68)14-15-35(58)59/h3-5,9-10,21,23-25,28-33,36,56H,6-8,11-20,22,45H2,1-2H3,(H,46,48)(H,47,60)(H,49,61)(H,50,62)(H,51,64)(H,52,63)(H,58,59)(H,67,68)/t24-,25+,28-,29-,30-,31-,32-,33-,36-/m0/s1. The number of nitrogens with two attached hydrogens (primary N) is 1. The number of benzene rings is 1. The van der Waals surface area contributed by atoms with Gasteiger partial charge in [0.15, 0.2) is 0 Å². The van der Waals surface area contributed by atoms with Crippen LogP contribution < -0.4 is 32.3 Å². The van der Waals surface area contributed by atoms with Crippen LogP contribution in [0.4, 0.5) is 0 Å². The predicted octanol–water partition coefficient (Wildman–Crippen LogP) is -3.10. The second kappa shape index (κ2) is 24.2. The molecule has 4 heterocycles. The highest BCUT2D eigenvalue weighted by molar-refractivity contribution is 5.98. The van der Waals surface area contributed by atoms with Crippen LogP contribution in [-0.2, 0) is 60.8 Å². The summed E-state index contributed by atoms with van der Waals surface area (Å²) in [7, 11) is 0. The van der Waals surface area contributed by atoms with Crippen LogP contribution in [0.15, 0.2) is 42.9 Å². The van der Waals surface area contributed by atoms with Gasteiger partial charge >= 0.3 is 11.9 Å². The Hall–Kier alpha value is -6.95.